The smallest absolute Gasteiger partial charge is 0.744 e. The van der Waals surface area contributed by atoms with Gasteiger partial charge in [0.15, 0.2) is 0 Å². The molecule has 10 rings (SSSR count). The monoisotopic (exact) mass is 1380 g/mol. The second-order valence-electron chi connectivity index (χ2n) is 21.5. The topological polar surface area (TPSA) is 415 Å². The molecule has 26 nitrogen and oxygen atoms in total. The van der Waals surface area contributed by atoms with Gasteiger partial charge >= 0.3 is 130 Å². The molecule has 0 fully saturated rings. The van der Waals surface area contributed by atoms with Crippen molar-refractivity contribution in [1.82, 2.24) is 25.6 Å². The molecule has 0 radical (unpaired) electrons. The van der Waals surface area contributed by atoms with Crippen molar-refractivity contribution in [2.24, 2.45) is 0 Å². The minimum absolute atomic E-state index is 0. The number of hydrogen-bond donors (Lipinski definition) is 12. The Kier molecular flexibility index (Phi) is 26.9. The molecular formula is C65H59N15Na4O11S2. The number of carboxylic acids is 1. The van der Waals surface area contributed by atoms with Crippen molar-refractivity contribution in [2.45, 2.75) is 51.3 Å². The molecule has 4 amide bonds. The van der Waals surface area contributed by atoms with Gasteiger partial charge in [-0.05, 0) is 123 Å². The maximum absolute atomic E-state index is 13.6. The molecule has 8 aromatic rings. The first kappa shape index (κ1) is 78.4. The number of nitrogens with one attached hydrogen (secondary N) is 10. The van der Waals surface area contributed by atoms with E-state index in [4.69, 9.17) is 15.9 Å². The van der Waals surface area contributed by atoms with Gasteiger partial charge < -0.3 is 77.4 Å². The van der Waals surface area contributed by atoms with E-state index >= 15 is 0 Å². The molecule has 0 unspecified atom stereocenters. The third-order valence-electron chi connectivity index (χ3n) is 14.6. The van der Waals surface area contributed by atoms with E-state index in [2.05, 4.69) is 86.5 Å². The Bertz CT molecular complexity index is 4970. The molecule has 0 atom stereocenters. The van der Waals surface area contributed by atoms with Gasteiger partial charge in [0, 0.05) is 63.8 Å². The largest absolute Gasteiger partial charge is 1.00 e. The fourth-order valence-electron chi connectivity index (χ4n) is 10.6. The number of aromatic carboxylic acids is 1. The summed E-state index contributed by atoms with van der Waals surface area (Å²) < 4.78 is 85.8. The number of hydrogen-bond acceptors (Lipinski definition) is 21. The van der Waals surface area contributed by atoms with Crippen LogP contribution in [0.15, 0.2) is 154 Å². The summed E-state index contributed by atoms with van der Waals surface area (Å²) in [6, 6.07) is 37.6. The molecule has 7 aromatic carbocycles. The molecule has 0 saturated heterocycles. The van der Waals surface area contributed by atoms with Crippen molar-refractivity contribution in [1.29, 1.82) is 0 Å². The summed E-state index contributed by atoms with van der Waals surface area (Å²) in [6.07, 6.45) is 0. The number of amides is 4. The van der Waals surface area contributed by atoms with Gasteiger partial charge in [-0.25, -0.2) is 31.4 Å². The maximum atomic E-state index is 13.6. The van der Waals surface area contributed by atoms with Crippen LogP contribution in [0.25, 0.3) is 33.4 Å². The zero-order valence-electron chi connectivity index (χ0n) is 54.5. The minimum Gasteiger partial charge on any atom is -0.744 e. The summed E-state index contributed by atoms with van der Waals surface area (Å²) in [6.45, 7) is 14.8. The number of benzene rings is 8. The van der Waals surface area contributed by atoms with Crippen LogP contribution in [0.5, 0.6) is 0 Å². The van der Waals surface area contributed by atoms with Gasteiger partial charge in [-0.1, -0.05) is 65.3 Å². The molecule has 1 aromatic heterocycles. The van der Waals surface area contributed by atoms with Crippen molar-refractivity contribution < 1.29 is 173 Å². The number of carbonyl (C=O) groups excluding carboxylic acids is 3. The minimum atomic E-state index is -5.38. The number of urea groups is 2. The Morgan fingerprint density at radius 3 is 1.98 bits per heavy atom. The molecule has 0 saturated carbocycles. The average molecular weight is 1380 g/mol. The van der Waals surface area contributed by atoms with Gasteiger partial charge in [-0.2, -0.15) is 51.4 Å². The molecule has 2 heterocycles. The summed E-state index contributed by atoms with van der Waals surface area (Å²) in [7, 11) is -10.6. The second-order valence-corrected chi connectivity index (χ2v) is 24.2. The number of aromatic nitrogens is 3. The predicted molar refractivity (Wildman–Crippen MR) is 350 cm³/mol. The van der Waals surface area contributed by atoms with Crippen LogP contribution in [-0.4, -0.2) is 72.0 Å². The van der Waals surface area contributed by atoms with E-state index in [-0.39, 0.29) is 199 Å². The van der Waals surface area contributed by atoms with Gasteiger partial charge in [0.25, 0.3) is 0 Å². The van der Waals surface area contributed by atoms with E-state index < -0.39 is 48.1 Å². The Hall–Kier alpha value is -7.59. The van der Waals surface area contributed by atoms with Gasteiger partial charge in [0.05, 0.1) is 28.3 Å². The van der Waals surface area contributed by atoms with E-state index in [9.17, 15) is 45.4 Å². The average Bonchev–Trinajstić information content (AvgIpc) is 0.734. The SMILES string of the molecule is C=C(NC(=O)Nc1c(C)cc(C)c(Nc2[c-]cc3c(-c4ccccc4S(=O)(=O)[O-])c4cc(S(=O)(=O)[O-])c(=[NH+]c5c(C)cc(C)c(NC(=O)NCCNc6nc(N)nc(Nc7cccc(C(=O)[O-])c7)n6)c5C)cc-4oc3c2)c1C)Nc1cc(N)cc(Nc2c[c-]ccc2)c1.[Na+].[Na+].[Na+].[Na+]. The number of carbonyl (C=O) groups is 3. The molecule has 32 heteroatoms. The molecule has 1 aliphatic heterocycles. The number of nitrogens with two attached hydrogens (primary N) is 2. The number of aryl methyl sites for hydroxylation is 4. The van der Waals surface area contributed by atoms with Crippen molar-refractivity contribution >= 4 is 124 Å². The van der Waals surface area contributed by atoms with Crippen LogP contribution >= 0.6 is 0 Å². The normalized spacial score (nSPS) is 11.2. The predicted octanol–water partition coefficient (Wildman–Crippen LogP) is -4.33. The Balaban J connectivity index is 0.00000372. The number of carboxylic acid groups (broad SMARTS) is 1. The standard InChI is InChI=1S/C65H61N15O11S2.4Na/c1-33-24-36(4)59(77-65(84)71-39(7)70-45-27-41(66)28-46(29-45)72-42-15-9-8-10-16-42)37(5)56(33)73-44-20-21-47-51(30-44)91-52-32-50(54(93(88,89)90)31-49(52)55(47)48-18-11-12-19-53(48)92(85,86)87)75-57-34(2)25-35(3)58(38(57)6)76-64(83)69-23-22-68-62-78-61(67)79-63(80-62)74-43-17-13-14-40(26-43)60(81)82;;;;/h8-9,11-19,21,24-32,70,72-73H,7,22-23,66H2,1-6H3,(H,81,82)(H2,69,76,83)(H2,71,77,84)(H,85,86,87)(H,88,89,90)(H4,67,68,74,78,79,80);;;;/q-2;4*+1/p-2. The van der Waals surface area contributed by atoms with Crippen molar-refractivity contribution in [2.75, 3.05) is 61.8 Å². The number of rotatable bonds is 20. The quantitative estimate of drug-likeness (QED) is 0.00857. The molecular weight excluding hydrogens is 1320 g/mol. The van der Waals surface area contributed by atoms with E-state index in [1.807, 2.05) is 32.0 Å². The van der Waals surface area contributed by atoms with Crippen LogP contribution in [0.3, 0.4) is 0 Å². The number of nitrogens with zero attached hydrogens (tertiary/aromatic N) is 3. The Labute approximate surface area is 647 Å². The molecule has 0 bridgehead atoms. The van der Waals surface area contributed by atoms with Crippen LogP contribution in [0.1, 0.15) is 43.7 Å². The third-order valence-corrected chi connectivity index (χ3v) is 16.4. The van der Waals surface area contributed by atoms with Crippen LogP contribution in [0, 0.1) is 53.7 Å². The van der Waals surface area contributed by atoms with E-state index in [0.717, 1.165) is 28.9 Å². The summed E-state index contributed by atoms with van der Waals surface area (Å²) in [4.78, 5) is 52.5. The van der Waals surface area contributed by atoms with E-state index in [1.165, 1.54) is 48.5 Å². The zero-order valence-corrected chi connectivity index (χ0v) is 64.2. The first-order chi connectivity index (χ1) is 44.1. The van der Waals surface area contributed by atoms with E-state index in [1.54, 1.807) is 76.2 Å². The number of nitrogen functional groups attached to an aromatic ring is 2. The van der Waals surface area contributed by atoms with Crippen molar-refractivity contribution in [3.8, 4) is 22.5 Å². The Morgan fingerprint density at radius 2 is 1.28 bits per heavy atom. The second kappa shape index (κ2) is 33.3. The summed E-state index contributed by atoms with van der Waals surface area (Å²) in [5.41, 5.74) is 20.6. The maximum Gasteiger partial charge on any atom is 1.00 e. The van der Waals surface area contributed by atoms with Gasteiger partial charge in [0.1, 0.15) is 36.7 Å². The Morgan fingerprint density at radius 1 is 0.619 bits per heavy atom. The molecule has 0 spiro atoms. The van der Waals surface area contributed by atoms with Gasteiger partial charge in [-0.15, -0.1) is 12.1 Å². The van der Waals surface area contributed by atoms with Crippen LogP contribution in [-0.2, 0) is 20.2 Å². The third kappa shape index (κ3) is 19.2. The number of fused-ring (bicyclic) bond motifs is 2. The first-order valence-electron chi connectivity index (χ1n) is 28.3. The van der Waals surface area contributed by atoms with Gasteiger partial charge in [0.2, 0.25) is 28.9 Å². The fraction of sp³-hybridized carbons (Fsp3) is 0.123. The molecule has 1 aliphatic carbocycles. The summed E-state index contributed by atoms with van der Waals surface area (Å²) in [5, 5.41) is 38.0. The van der Waals surface area contributed by atoms with E-state index in [0.29, 0.717) is 73.4 Å². The fourth-order valence-corrected chi connectivity index (χ4v) is 12.0. The molecule has 2 aliphatic rings. The van der Waals surface area contributed by atoms with Crippen molar-refractivity contribution in [3.63, 3.8) is 0 Å². The van der Waals surface area contributed by atoms with Gasteiger partial charge in [-0.3, -0.25) is 5.32 Å². The molecule has 97 heavy (non-hydrogen) atoms. The van der Waals surface area contributed by atoms with Crippen molar-refractivity contribution in [3.05, 3.63) is 196 Å². The summed E-state index contributed by atoms with van der Waals surface area (Å²) >= 11 is 0. The zero-order chi connectivity index (χ0) is 66.6. The van der Waals surface area contributed by atoms with Crippen LogP contribution in [0.2, 0.25) is 0 Å². The van der Waals surface area contributed by atoms with Crippen LogP contribution in [0.4, 0.5) is 84.3 Å². The number of anilines is 12. The van der Waals surface area contributed by atoms with Crippen LogP contribution < -0.4 is 193 Å². The first-order valence-corrected chi connectivity index (χ1v) is 31.1. The molecule has 14 N–H and O–H groups in total. The summed E-state index contributed by atoms with van der Waals surface area (Å²) in [5.74, 6) is -1.37. The molecule has 476 valence electrons.